The molecule has 3 nitrogen and oxygen atoms in total. The Morgan fingerprint density at radius 3 is 2.67 bits per heavy atom. The quantitative estimate of drug-likeness (QED) is 0.589. The molecule has 0 saturated carbocycles. The molecule has 1 rings (SSSR count). The van der Waals surface area contributed by atoms with Crippen molar-refractivity contribution in [2.45, 2.75) is 31.8 Å². The van der Waals surface area contributed by atoms with Gasteiger partial charge in [0.25, 0.3) is 0 Å². The van der Waals surface area contributed by atoms with E-state index < -0.39 is 25.1 Å². The molecule has 0 amide bonds. The highest BCUT2D eigenvalue weighted by Crippen LogP contribution is 2.23. The molecule has 2 unspecified atom stereocenters. The van der Waals surface area contributed by atoms with Crippen LogP contribution in [0.2, 0.25) is 0 Å². The number of β-amino-alcohol motifs (C(OH)–C–C–N with tert-alkyl or cyclic N) is 1. The number of alkyl halides is 4. The van der Waals surface area contributed by atoms with Gasteiger partial charge in [0.15, 0.2) is 0 Å². The predicted molar refractivity (Wildman–Crippen MR) is 58.0 cm³/mol. The van der Waals surface area contributed by atoms with Gasteiger partial charge in [-0.15, -0.1) is 0 Å². The molecule has 1 heterocycles. The number of piperidine rings is 1. The van der Waals surface area contributed by atoms with E-state index in [0.717, 1.165) is 13.0 Å². The first-order chi connectivity index (χ1) is 8.33. The first-order valence-electron chi connectivity index (χ1n) is 5.97. The Hall–Kier alpha value is -0.400. The molecule has 7 heteroatoms. The summed E-state index contributed by atoms with van der Waals surface area (Å²) in [6.07, 6.45) is -3.30. The maximum absolute atomic E-state index is 12.5. The van der Waals surface area contributed by atoms with Crippen molar-refractivity contribution in [2.24, 2.45) is 5.92 Å². The summed E-state index contributed by atoms with van der Waals surface area (Å²) in [4.78, 5) is 1.88. The molecule has 0 spiro atoms. The van der Waals surface area contributed by atoms with Crippen LogP contribution in [0.5, 0.6) is 0 Å². The van der Waals surface area contributed by atoms with Crippen molar-refractivity contribution < 1.29 is 27.4 Å². The topological polar surface area (TPSA) is 32.7 Å². The Morgan fingerprint density at radius 2 is 2.11 bits per heavy atom. The van der Waals surface area contributed by atoms with Crippen molar-refractivity contribution in [2.75, 3.05) is 32.8 Å². The third-order valence-electron chi connectivity index (χ3n) is 3.17. The van der Waals surface area contributed by atoms with Crippen LogP contribution in [0.15, 0.2) is 0 Å². The fourth-order valence-electron chi connectivity index (χ4n) is 1.78. The zero-order valence-electron chi connectivity index (χ0n) is 10.3. The minimum atomic E-state index is -4.09. The Morgan fingerprint density at radius 1 is 1.44 bits per heavy atom. The SMILES string of the molecule is CC1CCN(CCOCC(F)(F)C(F)F)CC1O. The summed E-state index contributed by atoms with van der Waals surface area (Å²) >= 11 is 0. The van der Waals surface area contributed by atoms with Crippen LogP contribution in [0.25, 0.3) is 0 Å². The lowest BCUT2D eigenvalue weighted by Gasteiger charge is -2.34. The first kappa shape index (κ1) is 15.7. The Kier molecular flexibility index (Phi) is 5.81. The van der Waals surface area contributed by atoms with E-state index in [9.17, 15) is 22.7 Å². The largest absolute Gasteiger partial charge is 0.392 e. The predicted octanol–water partition coefficient (Wildman–Crippen LogP) is 1.61. The fraction of sp³-hybridized carbons (Fsp3) is 1.00. The average Bonchev–Trinajstić information content (AvgIpc) is 2.29. The van der Waals surface area contributed by atoms with Crippen LogP contribution in [0, 0.1) is 5.92 Å². The number of aliphatic hydroxyl groups excluding tert-OH is 1. The maximum Gasteiger partial charge on any atom is 0.330 e. The molecule has 1 aliphatic heterocycles. The number of nitrogens with zero attached hydrogens (tertiary/aromatic N) is 1. The second kappa shape index (κ2) is 6.68. The van der Waals surface area contributed by atoms with E-state index in [4.69, 9.17) is 0 Å². The van der Waals surface area contributed by atoms with Crippen LogP contribution < -0.4 is 0 Å². The molecule has 2 atom stereocenters. The number of aliphatic hydroxyl groups is 1. The molecular weight excluding hydrogens is 254 g/mol. The van der Waals surface area contributed by atoms with Gasteiger partial charge in [0.1, 0.15) is 6.61 Å². The van der Waals surface area contributed by atoms with Crippen LogP contribution in [0.3, 0.4) is 0 Å². The molecule has 0 aromatic carbocycles. The van der Waals surface area contributed by atoms with Crippen molar-refractivity contribution >= 4 is 0 Å². The molecule has 1 saturated heterocycles. The molecule has 0 radical (unpaired) electrons. The number of rotatable bonds is 6. The van der Waals surface area contributed by atoms with E-state index in [1.807, 2.05) is 11.8 Å². The number of hydrogen-bond donors (Lipinski definition) is 1. The van der Waals surface area contributed by atoms with Crippen molar-refractivity contribution in [3.8, 4) is 0 Å². The van der Waals surface area contributed by atoms with Gasteiger partial charge in [0.2, 0.25) is 0 Å². The summed E-state index contributed by atoms with van der Waals surface area (Å²) in [5, 5.41) is 9.61. The molecule has 1 fully saturated rings. The number of halogens is 4. The molecule has 0 bridgehead atoms. The smallest absolute Gasteiger partial charge is 0.330 e. The zero-order chi connectivity index (χ0) is 13.8. The third kappa shape index (κ3) is 4.70. The van der Waals surface area contributed by atoms with Crippen molar-refractivity contribution in [1.82, 2.24) is 4.90 Å². The van der Waals surface area contributed by atoms with E-state index in [1.165, 1.54) is 0 Å². The zero-order valence-corrected chi connectivity index (χ0v) is 10.3. The van der Waals surface area contributed by atoms with Gasteiger partial charge in [0.05, 0.1) is 12.7 Å². The van der Waals surface area contributed by atoms with E-state index in [0.29, 0.717) is 13.1 Å². The van der Waals surface area contributed by atoms with Gasteiger partial charge in [-0.3, -0.25) is 4.90 Å². The lowest BCUT2D eigenvalue weighted by atomic mass is 9.96. The average molecular weight is 273 g/mol. The molecular formula is C11H19F4NO2. The fourth-order valence-corrected chi connectivity index (χ4v) is 1.78. The van der Waals surface area contributed by atoms with Crippen molar-refractivity contribution in [1.29, 1.82) is 0 Å². The minimum absolute atomic E-state index is 0.0383. The van der Waals surface area contributed by atoms with E-state index in [2.05, 4.69) is 4.74 Å². The summed E-state index contributed by atoms with van der Waals surface area (Å²) in [7, 11) is 0. The second-order valence-corrected chi connectivity index (χ2v) is 4.75. The van der Waals surface area contributed by atoms with E-state index >= 15 is 0 Å². The van der Waals surface area contributed by atoms with Gasteiger partial charge in [-0.1, -0.05) is 6.92 Å². The van der Waals surface area contributed by atoms with Crippen LogP contribution in [0.4, 0.5) is 17.6 Å². The molecule has 1 aliphatic rings. The second-order valence-electron chi connectivity index (χ2n) is 4.75. The summed E-state index contributed by atoms with van der Waals surface area (Å²) < 4.78 is 53.2. The van der Waals surface area contributed by atoms with Crippen LogP contribution in [-0.4, -0.2) is 61.3 Å². The number of ether oxygens (including phenoxy) is 1. The normalized spacial score (nSPS) is 26.8. The monoisotopic (exact) mass is 273 g/mol. The standard InChI is InChI=1S/C11H19F4NO2/c1-8-2-3-16(6-9(8)17)4-5-18-7-11(14,15)10(12)13/h8-10,17H,2-7H2,1H3. The summed E-state index contributed by atoms with van der Waals surface area (Å²) in [5.41, 5.74) is 0. The first-order valence-corrected chi connectivity index (χ1v) is 5.97. The Labute approximate surface area is 104 Å². The van der Waals surface area contributed by atoms with Gasteiger partial charge in [0, 0.05) is 13.1 Å². The molecule has 0 aliphatic carbocycles. The van der Waals surface area contributed by atoms with Gasteiger partial charge < -0.3 is 9.84 Å². The van der Waals surface area contributed by atoms with Crippen molar-refractivity contribution in [3.05, 3.63) is 0 Å². The Bertz CT molecular complexity index is 253. The van der Waals surface area contributed by atoms with E-state index in [1.54, 1.807) is 0 Å². The molecule has 108 valence electrons. The van der Waals surface area contributed by atoms with Crippen LogP contribution in [0.1, 0.15) is 13.3 Å². The van der Waals surface area contributed by atoms with Crippen LogP contribution >= 0.6 is 0 Å². The van der Waals surface area contributed by atoms with Crippen LogP contribution in [-0.2, 0) is 4.74 Å². The highest BCUT2D eigenvalue weighted by atomic mass is 19.3. The van der Waals surface area contributed by atoms with Gasteiger partial charge in [-0.25, -0.2) is 8.78 Å². The van der Waals surface area contributed by atoms with Crippen molar-refractivity contribution in [3.63, 3.8) is 0 Å². The molecule has 0 aromatic rings. The third-order valence-corrected chi connectivity index (χ3v) is 3.17. The molecule has 18 heavy (non-hydrogen) atoms. The van der Waals surface area contributed by atoms with E-state index in [-0.39, 0.29) is 12.5 Å². The minimum Gasteiger partial charge on any atom is -0.392 e. The van der Waals surface area contributed by atoms with Gasteiger partial charge in [-0.05, 0) is 18.9 Å². The molecule has 1 N–H and O–H groups in total. The van der Waals surface area contributed by atoms with Gasteiger partial charge in [-0.2, -0.15) is 8.78 Å². The maximum atomic E-state index is 12.5. The lowest BCUT2D eigenvalue weighted by molar-refractivity contribution is -0.166. The number of likely N-dealkylation sites (tertiary alicyclic amines) is 1. The number of hydrogen-bond acceptors (Lipinski definition) is 3. The summed E-state index contributed by atoms with van der Waals surface area (Å²) in [6, 6.07) is 0. The Balaban J connectivity index is 2.15. The summed E-state index contributed by atoms with van der Waals surface area (Å²) in [5.74, 6) is -3.86. The lowest BCUT2D eigenvalue weighted by Crippen LogP contribution is -2.44. The highest BCUT2D eigenvalue weighted by Gasteiger charge is 2.40. The summed E-state index contributed by atoms with van der Waals surface area (Å²) in [6.45, 7) is 2.23. The van der Waals surface area contributed by atoms with Gasteiger partial charge >= 0.3 is 12.3 Å². The molecule has 0 aromatic heterocycles. The highest BCUT2D eigenvalue weighted by molar-refractivity contribution is 4.77.